The maximum absolute atomic E-state index is 13.0. The van der Waals surface area contributed by atoms with Crippen LogP contribution in [-0.2, 0) is 33.8 Å². The molecule has 2 heterocycles. The van der Waals surface area contributed by atoms with Gasteiger partial charge in [0.1, 0.15) is 18.1 Å². The summed E-state index contributed by atoms with van der Waals surface area (Å²) in [5.74, 6) is 1.65. The fourth-order valence-electron chi connectivity index (χ4n) is 4.15. The molecule has 3 rings (SSSR count). The highest BCUT2D eigenvalue weighted by molar-refractivity contribution is 5.78. The zero-order valence-electron chi connectivity index (χ0n) is 17.2. The second-order valence-electron chi connectivity index (χ2n) is 7.72. The van der Waals surface area contributed by atoms with E-state index in [0.29, 0.717) is 32.7 Å². The summed E-state index contributed by atoms with van der Waals surface area (Å²) in [5.41, 5.74) is 1.93. The van der Waals surface area contributed by atoms with E-state index >= 15 is 0 Å². The lowest BCUT2D eigenvalue weighted by atomic mass is 9.74. The maximum atomic E-state index is 13.0. The molecule has 0 unspecified atom stereocenters. The van der Waals surface area contributed by atoms with Crippen molar-refractivity contribution in [1.82, 2.24) is 4.90 Å². The summed E-state index contributed by atoms with van der Waals surface area (Å²) in [6.45, 7) is 7.19. The van der Waals surface area contributed by atoms with Crippen LogP contribution in [-0.4, -0.2) is 37.7 Å². The molecule has 1 aliphatic rings. The van der Waals surface area contributed by atoms with Crippen LogP contribution in [0.25, 0.3) is 0 Å². The zero-order chi connectivity index (χ0) is 20.0. The molecule has 0 aliphatic carbocycles. The minimum atomic E-state index is -0.512. The molecule has 5 nitrogen and oxygen atoms in total. The Morgan fingerprint density at radius 3 is 2.75 bits per heavy atom. The van der Waals surface area contributed by atoms with Gasteiger partial charge in [-0.3, -0.25) is 9.69 Å². The molecule has 2 aromatic rings. The van der Waals surface area contributed by atoms with Crippen LogP contribution in [0.1, 0.15) is 42.4 Å². The minimum absolute atomic E-state index is 0.0810. The lowest BCUT2D eigenvalue weighted by molar-refractivity contribution is -0.159. The number of esters is 1. The summed E-state index contributed by atoms with van der Waals surface area (Å²) < 4.78 is 16.5. The smallest absolute Gasteiger partial charge is 0.313 e. The van der Waals surface area contributed by atoms with Crippen LogP contribution in [0.3, 0.4) is 0 Å². The van der Waals surface area contributed by atoms with Gasteiger partial charge in [-0.15, -0.1) is 0 Å². The Hall–Kier alpha value is -2.11. The predicted octanol–water partition coefficient (Wildman–Crippen LogP) is 4.12. The van der Waals surface area contributed by atoms with Crippen LogP contribution >= 0.6 is 0 Å². The van der Waals surface area contributed by atoms with E-state index in [1.165, 1.54) is 11.1 Å². The Balaban J connectivity index is 1.78. The van der Waals surface area contributed by atoms with Crippen molar-refractivity contribution in [1.29, 1.82) is 0 Å². The summed E-state index contributed by atoms with van der Waals surface area (Å²) in [5, 5.41) is 0. The lowest BCUT2D eigenvalue weighted by Crippen LogP contribution is -2.49. The molecule has 5 heteroatoms. The first-order chi connectivity index (χ1) is 13.6. The number of likely N-dealkylation sites (tertiary alicyclic amines) is 1. The number of nitrogens with zero attached hydrogens (tertiary/aromatic N) is 1. The largest absolute Gasteiger partial charge is 0.466 e. The molecule has 0 amide bonds. The number of methoxy groups -OCH3 is 1. The predicted molar refractivity (Wildman–Crippen MR) is 108 cm³/mol. The van der Waals surface area contributed by atoms with Gasteiger partial charge in [-0.05, 0) is 62.9 Å². The first-order valence-corrected chi connectivity index (χ1v) is 10.1. The van der Waals surface area contributed by atoms with Crippen molar-refractivity contribution < 1.29 is 18.7 Å². The van der Waals surface area contributed by atoms with Gasteiger partial charge in [0.25, 0.3) is 0 Å². The van der Waals surface area contributed by atoms with Gasteiger partial charge < -0.3 is 13.9 Å². The van der Waals surface area contributed by atoms with Crippen LogP contribution in [0.15, 0.2) is 40.8 Å². The van der Waals surface area contributed by atoms with Crippen molar-refractivity contribution in [2.45, 2.75) is 46.3 Å². The van der Waals surface area contributed by atoms with Gasteiger partial charge in [-0.25, -0.2) is 0 Å². The number of hydrogen-bond donors (Lipinski definition) is 0. The zero-order valence-corrected chi connectivity index (χ0v) is 17.2. The Bertz CT molecular complexity index is 784. The third-order valence-corrected chi connectivity index (χ3v) is 5.54. The summed E-state index contributed by atoms with van der Waals surface area (Å²) >= 11 is 0. The third-order valence-electron chi connectivity index (χ3n) is 5.54. The first kappa shape index (κ1) is 20.6. The molecular formula is C23H31NO4. The number of furan rings is 1. The Kier molecular flexibility index (Phi) is 6.92. The number of carbonyl (C=O) groups excluding carboxylic acids is 1. The van der Waals surface area contributed by atoms with Gasteiger partial charge in [0.05, 0.1) is 18.6 Å². The van der Waals surface area contributed by atoms with E-state index in [-0.39, 0.29) is 5.97 Å². The highest BCUT2D eigenvalue weighted by Gasteiger charge is 2.43. The van der Waals surface area contributed by atoms with Crippen LogP contribution in [0.4, 0.5) is 0 Å². The molecule has 0 spiro atoms. The molecule has 0 saturated carbocycles. The fraction of sp³-hybridized carbons (Fsp3) is 0.522. The molecule has 1 aromatic heterocycles. The van der Waals surface area contributed by atoms with Crippen molar-refractivity contribution in [3.05, 3.63) is 59.0 Å². The van der Waals surface area contributed by atoms with E-state index in [1.54, 1.807) is 7.11 Å². The van der Waals surface area contributed by atoms with Gasteiger partial charge in [-0.1, -0.05) is 24.3 Å². The van der Waals surface area contributed by atoms with Crippen LogP contribution in [0, 0.1) is 12.3 Å². The summed E-state index contributed by atoms with van der Waals surface area (Å²) in [4.78, 5) is 15.3. The average molecular weight is 386 g/mol. The fourth-order valence-corrected chi connectivity index (χ4v) is 4.15. The molecule has 1 aliphatic heterocycles. The van der Waals surface area contributed by atoms with Gasteiger partial charge in [0, 0.05) is 13.7 Å². The monoisotopic (exact) mass is 385 g/mol. The number of ether oxygens (including phenoxy) is 2. The van der Waals surface area contributed by atoms with E-state index < -0.39 is 5.41 Å². The standard InChI is InChI=1S/C23H31NO4/c1-4-27-22(25)23(14-19-9-6-5-8-18(19)2)12-7-13-24(17-23)15-20-10-11-21(28-20)16-26-3/h5-6,8-11H,4,7,12-17H2,1-3H3/t23-/m1/s1. The number of benzene rings is 1. The topological polar surface area (TPSA) is 51.9 Å². The molecule has 0 bridgehead atoms. The van der Waals surface area contributed by atoms with Crippen LogP contribution in [0.2, 0.25) is 0 Å². The van der Waals surface area contributed by atoms with Crippen molar-refractivity contribution in [2.75, 3.05) is 26.8 Å². The number of aryl methyl sites for hydroxylation is 1. The summed E-state index contributed by atoms with van der Waals surface area (Å²) in [6.07, 6.45) is 2.53. The average Bonchev–Trinajstić information content (AvgIpc) is 3.11. The second kappa shape index (κ2) is 9.39. The van der Waals surface area contributed by atoms with Crippen molar-refractivity contribution in [2.24, 2.45) is 5.41 Å². The summed E-state index contributed by atoms with van der Waals surface area (Å²) in [6, 6.07) is 12.3. The van der Waals surface area contributed by atoms with Gasteiger partial charge in [0.2, 0.25) is 0 Å². The first-order valence-electron chi connectivity index (χ1n) is 10.1. The second-order valence-corrected chi connectivity index (χ2v) is 7.72. The maximum Gasteiger partial charge on any atom is 0.313 e. The minimum Gasteiger partial charge on any atom is -0.466 e. The van der Waals surface area contributed by atoms with Crippen LogP contribution < -0.4 is 0 Å². The SMILES string of the molecule is CCOC(=O)[C@@]1(Cc2ccccc2C)CCCN(Cc2ccc(COC)o2)C1. The van der Waals surface area contributed by atoms with Crippen molar-refractivity contribution >= 4 is 5.97 Å². The molecule has 0 N–H and O–H groups in total. The van der Waals surface area contributed by atoms with E-state index in [2.05, 4.69) is 24.0 Å². The van der Waals surface area contributed by atoms with Gasteiger partial charge in [0.15, 0.2) is 0 Å². The number of carbonyl (C=O) groups is 1. The summed E-state index contributed by atoms with van der Waals surface area (Å²) in [7, 11) is 1.66. The molecule has 1 fully saturated rings. The van der Waals surface area contributed by atoms with E-state index in [1.807, 2.05) is 31.2 Å². The highest BCUT2D eigenvalue weighted by Crippen LogP contribution is 2.36. The normalized spacial score (nSPS) is 20.2. The third kappa shape index (κ3) is 4.83. The molecule has 28 heavy (non-hydrogen) atoms. The Morgan fingerprint density at radius 2 is 2.00 bits per heavy atom. The highest BCUT2D eigenvalue weighted by atomic mass is 16.5. The van der Waals surface area contributed by atoms with Crippen molar-refractivity contribution in [3.8, 4) is 0 Å². The number of rotatable bonds is 8. The molecule has 152 valence electrons. The van der Waals surface area contributed by atoms with Crippen LogP contribution in [0.5, 0.6) is 0 Å². The molecule has 1 aromatic carbocycles. The molecular weight excluding hydrogens is 354 g/mol. The van der Waals surface area contributed by atoms with Gasteiger partial charge in [-0.2, -0.15) is 0 Å². The Labute approximate surface area is 167 Å². The quantitative estimate of drug-likeness (QED) is 0.640. The molecule has 0 radical (unpaired) electrons. The van der Waals surface area contributed by atoms with E-state index in [0.717, 1.165) is 30.9 Å². The molecule has 1 saturated heterocycles. The van der Waals surface area contributed by atoms with E-state index in [9.17, 15) is 4.79 Å². The number of hydrogen-bond acceptors (Lipinski definition) is 5. The van der Waals surface area contributed by atoms with E-state index in [4.69, 9.17) is 13.9 Å². The number of piperidine rings is 1. The van der Waals surface area contributed by atoms with Gasteiger partial charge >= 0.3 is 5.97 Å². The van der Waals surface area contributed by atoms with Crippen molar-refractivity contribution in [3.63, 3.8) is 0 Å². The lowest BCUT2D eigenvalue weighted by Gasteiger charge is -2.41. The Morgan fingerprint density at radius 1 is 1.21 bits per heavy atom. The molecule has 1 atom stereocenters.